The first kappa shape index (κ1) is 16.2. The van der Waals surface area contributed by atoms with E-state index >= 15 is 0 Å². The molecule has 0 unspecified atom stereocenters. The first-order valence-corrected chi connectivity index (χ1v) is 10.1. The zero-order valence-corrected chi connectivity index (χ0v) is 13.8. The van der Waals surface area contributed by atoms with Crippen molar-refractivity contribution in [3.05, 3.63) is 0 Å². The van der Waals surface area contributed by atoms with Crippen LogP contribution in [0.1, 0.15) is 54.9 Å². The van der Waals surface area contributed by atoms with Crippen molar-refractivity contribution in [2.45, 2.75) is 79.1 Å². The highest BCUT2D eigenvalue weighted by Gasteiger charge is 2.33. The van der Waals surface area contributed by atoms with Gasteiger partial charge in [-0.05, 0) is 17.8 Å². The second-order valence-corrected chi connectivity index (χ2v) is 11.8. The predicted molar refractivity (Wildman–Crippen MR) is 79.8 cm³/mol. The van der Waals surface area contributed by atoms with E-state index in [2.05, 4.69) is 48.5 Å². The molecule has 0 aliphatic rings. The summed E-state index contributed by atoms with van der Waals surface area (Å²) < 4.78 is 0. The quantitative estimate of drug-likeness (QED) is 0.471. The number of rotatable bonds is 8. The predicted octanol–water partition coefficient (Wildman–Crippen LogP) is 5.81. The van der Waals surface area contributed by atoms with Gasteiger partial charge in [-0.3, -0.25) is 0 Å². The van der Waals surface area contributed by atoms with E-state index in [-0.39, 0.29) is 0 Å². The molecule has 0 fully saturated rings. The van der Waals surface area contributed by atoms with Crippen LogP contribution < -0.4 is 0 Å². The molecule has 1 heteroatoms. The topological polar surface area (TPSA) is 0 Å². The smallest absolute Gasteiger partial charge is 0.0543 e. The Kier molecular flexibility index (Phi) is 7.63. The fourth-order valence-corrected chi connectivity index (χ4v) is 11.1. The first-order chi connectivity index (χ1) is 7.31. The van der Waals surface area contributed by atoms with E-state index in [1.54, 1.807) is 24.2 Å². The molecule has 0 aromatic rings. The molecule has 0 aromatic heterocycles. The maximum Gasteiger partial charge on any atom is 0.0543 e. The minimum absolute atomic E-state index is 0.899. The van der Waals surface area contributed by atoms with Crippen molar-refractivity contribution >= 4 is 8.07 Å². The molecule has 0 heterocycles. The summed E-state index contributed by atoms with van der Waals surface area (Å²) in [7, 11) is -0.985. The van der Waals surface area contributed by atoms with Gasteiger partial charge in [-0.1, -0.05) is 79.1 Å². The third-order valence-corrected chi connectivity index (χ3v) is 9.91. The normalized spacial score (nSPS) is 13.1. The lowest BCUT2D eigenvalue weighted by Gasteiger charge is -2.36. The van der Waals surface area contributed by atoms with Gasteiger partial charge in [0, 0.05) is 0 Å². The van der Waals surface area contributed by atoms with E-state index in [9.17, 15) is 0 Å². The highest BCUT2D eigenvalue weighted by molar-refractivity contribution is 6.80. The maximum atomic E-state index is 2.41. The first-order valence-electron chi connectivity index (χ1n) is 7.31. The van der Waals surface area contributed by atoms with Crippen LogP contribution in [0.2, 0.25) is 24.2 Å². The zero-order chi connectivity index (χ0) is 12.8. The van der Waals surface area contributed by atoms with Gasteiger partial charge in [-0.25, -0.2) is 0 Å². The fraction of sp³-hybridized carbons (Fsp3) is 1.00. The molecular weight excluding hydrogens is 208 g/mol. The lowest BCUT2D eigenvalue weighted by Crippen LogP contribution is -2.38. The van der Waals surface area contributed by atoms with Gasteiger partial charge in [-0.2, -0.15) is 0 Å². The van der Waals surface area contributed by atoms with Crippen molar-refractivity contribution in [2.24, 2.45) is 17.8 Å². The molecule has 0 radical (unpaired) electrons. The van der Waals surface area contributed by atoms with Crippen LogP contribution in [0.15, 0.2) is 0 Å². The second-order valence-electron chi connectivity index (χ2n) is 7.04. The molecule has 98 valence electrons. The molecule has 0 atom stereocenters. The van der Waals surface area contributed by atoms with Crippen LogP contribution in [0.25, 0.3) is 0 Å². The summed E-state index contributed by atoms with van der Waals surface area (Å²) in [6.45, 7) is 16.9. The van der Waals surface area contributed by atoms with Crippen LogP contribution in [0.4, 0.5) is 0 Å². The molecule has 16 heavy (non-hydrogen) atoms. The minimum atomic E-state index is -0.985. The molecule has 0 spiro atoms. The number of hydrogen-bond donors (Lipinski definition) is 0. The maximum absolute atomic E-state index is 2.41. The van der Waals surface area contributed by atoms with E-state index < -0.39 is 8.07 Å². The Hall–Kier alpha value is 0.217. The highest BCUT2D eigenvalue weighted by atomic mass is 28.3. The monoisotopic (exact) mass is 242 g/mol. The summed E-state index contributed by atoms with van der Waals surface area (Å²) in [5, 5.41) is 0. The number of hydrogen-bond acceptors (Lipinski definition) is 0. The van der Waals surface area contributed by atoms with Crippen molar-refractivity contribution in [3.63, 3.8) is 0 Å². The third kappa shape index (κ3) is 6.73. The summed E-state index contributed by atoms with van der Waals surface area (Å²) in [6.07, 6.45) is 1.40. The SMILES string of the molecule is CCC[Si](CC(C)C)(CC(C)C)CC(C)C. The van der Waals surface area contributed by atoms with Crippen molar-refractivity contribution in [1.82, 2.24) is 0 Å². The average Bonchev–Trinajstić information content (AvgIpc) is 1.98. The Morgan fingerprint density at radius 3 is 1.19 bits per heavy atom. The van der Waals surface area contributed by atoms with Gasteiger partial charge >= 0.3 is 0 Å². The summed E-state index contributed by atoms with van der Waals surface area (Å²) in [5.41, 5.74) is 0. The van der Waals surface area contributed by atoms with Crippen LogP contribution in [-0.4, -0.2) is 8.07 Å². The summed E-state index contributed by atoms with van der Waals surface area (Å²) >= 11 is 0. The van der Waals surface area contributed by atoms with Gasteiger partial charge in [0.2, 0.25) is 0 Å². The molecule has 0 saturated heterocycles. The Labute approximate surface area is 105 Å². The van der Waals surface area contributed by atoms with Crippen molar-refractivity contribution in [1.29, 1.82) is 0 Å². The molecular formula is C15H34Si. The molecule has 0 N–H and O–H groups in total. The third-order valence-electron chi connectivity index (χ3n) is 3.30. The van der Waals surface area contributed by atoms with Gasteiger partial charge in [0.15, 0.2) is 0 Å². The second kappa shape index (κ2) is 7.52. The van der Waals surface area contributed by atoms with Gasteiger partial charge in [0.25, 0.3) is 0 Å². The Balaban J connectivity index is 4.72. The molecule has 0 amide bonds. The highest BCUT2D eigenvalue weighted by Crippen LogP contribution is 2.36. The average molecular weight is 243 g/mol. The fourth-order valence-electron chi connectivity index (χ4n) is 3.68. The van der Waals surface area contributed by atoms with Gasteiger partial charge in [0.05, 0.1) is 8.07 Å². The van der Waals surface area contributed by atoms with E-state index in [0.29, 0.717) is 0 Å². The van der Waals surface area contributed by atoms with Crippen molar-refractivity contribution in [3.8, 4) is 0 Å². The standard InChI is InChI=1S/C15H34Si/c1-8-9-16(10-13(2)3,11-14(4)5)12-15(6)7/h13-15H,8-12H2,1-7H3. The summed E-state index contributed by atoms with van der Waals surface area (Å²) in [6, 6.07) is 6.22. The van der Waals surface area contributed by atoms with Crippen LogP contribution in [0.5, 0.6) is 0 Å². The summed E-state index contributed by atoms with van der Waals surface area (Å²) in [5.74, 6) is 2.70. The molecule has 0 aromatic carbocycles. The van der Waals surface area contributed by atoms with E-state index in [0.717, 1.165) is 17.8 Å². The van der Waals surface area contributed by atoms with Gasteiger partial charge in [-0.15, -0.1) is 0 Å². The Bertz CT molecular complexity index is 144. The summed E-state index contributed by atoms with van der Waals surface area (Å²) in [4.78, 5) is 0. The van der Waals surface area contributed by atoms with E-state index in [1.165, 1.54) is 6.42 Å². The minimum Gasteiger partial charge on any atom is -0.0657 e. The van der Waals surface area contributed by atoms with Crippen LogP contribution in [0, 0.1) is 17.8 Å². The van der Waals surface area contributed by atoms with Crippen LogP contribution >= 0.6 is 0 Å². The van der Waals surface area contributed by atoms with Crippen molar-refractivity contribution in [2.75, 3.05) is 0 Å². The van der Waals surface area contributed by atoms with Crippen LogP contribution in [-0.2, 0) is 0 Å². The molecule has 0 nitrogen and oxygen atoms in total. The Morgan fingerprint density at radius 1 is 0.688 bits per heavy atom. The zero-order valence-electron chi connectivity index (χ0n) is 12.8. The molecule has 0 aliphatic carbocycles. The lowest BCUT2D eigenvalue weighted by molar-refractivity contribution is 0.635. The van der Waals surface area contributed by atoms with E-state index in [4.69, 9.17) is 0 Å². The van der Waals surface area contributed by atoms with Crippen LogP contribution in [0.3, 0.4) is 0 Å². The lowest BCUT2D eigenvalue weighted by atomic mass is 10.2. The Morgan fingerprint density at radius 2 is 1.00 bits per heavy atom. The van der Waals surface area contributed by atoms with Gasteiger partial charge < -0.3 is 0 Å². The van der Waals surface area contributed by atoms with Gasteiger partial charge in [0.1, 0.15) is 0 Å². The van der Waals surface area contributed by atoms with E-state index in [1.807, 2.05) is 0 Å². The van der Waals surface area contributed by atoms with Crippen molar-refractivity contribution < 1.29 is 0 Å². The molecule has 0 bridgehead atoms. The molecule has 0 aliphatic heterocycles. The molecule has 0 rings (SSSR count). The largest absolute Gasteiger partial charge is 0.0657 e. The molecule has 0 saturated carbocycles.